The first kappa shape index (κ1) is 15.5. The number of nitrogens with zero attached hydrogens (tertiary/aromatic N) is 1. The number of pyridine rings is 1. The van der Waals surface area contributed by atoms with Gasteiger partial charge in [-0.1, -0.05) is 13.8 Å². The van der Waals surface area contributed by atoms with Crippen molar-refractivity contribution in [2.45, 2.75) is 72.0 Å². The van der Waals surface area contributed by atoms with Crippen LogP contribution in [-0.4, -0.2) is 23.3 Å². The van der Waals surface area contributed by atoms with Crippen LogP contribution < -0.4 is 5.46 Å². The van der Waals surface area contributed by atoms with E-state index in [2.05, 4.69) is 59.5 Å². The zero-order valence-corrected chi connectivity index (χ0v) is 13.8. The third kappa shape index (κ3) is 2.64. The molecule has 3 nitrogen and oxygen atoms in total. The van der Waals surface area contributed by atoms with Crippen molar-refractivity contribution in [2.24, 2.45) is 0 Å². The van der Waals surface area contributed by atoms with Gasteiger partial charge in [0.25, 0.3) is 0 Å². The minimum Gasteiger partial charge on any atom is -0.399 e. The van der Waals surface area contributed by atoms with E-state index in [0.29, 0.717) is 5.92 Å². The molecule has 0 N–H and O–H groups in total. The smallest absolute Gasteiger partial charge is 0.399 e. The molecule has 1 aliphatic heterocycles. The highest BCUT2D eigenvalue weighted by Gasteiger charge is 2.52. The standard InChI is InChI=1S/C16H26BNO2/c1-8-11(2)14-9-12(3)13(10-18-14)17-19-15(4,5)16(6,7)20-17/h9-11H,8H2,1-7H3. The van der Waals surface area contributed by atoms with Crippen molar-refractivity contribution in [3.05, 3.63) is 23.5 Å². The predicted molar refractivity (Wildman–Crippen MR) is 83.4 cm³/mol. The van der Waals surface area contributed by atoms with Gasteiger partial charge in [-0.3, -0.25) is 4.98 Å². The lowest BCUT2D eigenvalue weighted by Crippen LogP contribution is -2.41. The van der Waals surface area contributed by atoms with Gasteiger partial charge in [-0.25, -0.2) is 0 Å². The number of aromatic nitrogens is 1. The quantitative estimate of drug-likeness (QED) is 0.794. The third-order valence-electron chi connectivity index (χ3n) is 4.80. The molecule has 1 atom stereocenters. The molecule has 0 aromatic carbocycles. The highest BCUT2D eigenvalue weighted by atomic mass is 16.7. The zero-order valence-electron chi connectivity index (χ0n) is 13.8. The lowest BCUT2D eigenvalue weighted by Gasteiger charge is -2.32. The zero-order chi connectivity index (χ0) is 15.1. The molecule has 4 heteroatoms. The van der Waals surface area contributed by atoms with Crippen LogP contribution in [0.1, 0.15) is 65.1 Å². The summed E-state index contributed by atoms with van der Waals surface area (Å²) in [6.07, 6.45) is 3.02. The van der Waals surface area contributed by atoms with Crippen molar-refractivity contribution in [3.63, 3.8) is 0 Å². The molecule has 0 spiro atoms. The summed E-state index contributed by atoms with van der Waals surface area (Å²) in [5, 5.41) is 0. The maximum Gasteiger partial charge on any atom is 0.496 e. The predicted octanol–water partition coefficient (Wildman–Crippen LogP) is 3.20. The van der Waals surface area contributed by atoms with Crippen molar-refractivity contribution < 1.29 is 9.31 Å². The molecule has 1 aromatic heterocycles. The Bertz CT molecular complexity index is 483. The van der Waals surface area contributed by atoms with E-state index in [1.807, 2.05) is 6.20 Å². The van der Waals surface area contributed by atoms with Crippen LogP contribution >= 0.6 is 0 Å². The summed E-state index contributed by atoms with van der Waals surface area (Å²) >= 11 is 0. The Morgan fingerprint density at radius 1 is 1.20 bits per heavy atom. The molecule has 0 amide bonds. The summed E-state index contributed by atoms with van der Waals surface area (Å²) in [6, 6.07) is 2.16. The SMILES string of the molecule is CCC(C)c1cc(C)c(B2OC(C)(C)C(C)(C)O2)cn1. The normalized spacial score (nSPS) is 22.1. The van der Waals surface area contributed by atoms with Gasteiger partial charge >= 0.3 is 7.12 Å². The highest BCUT2D eigenvalue weighted by molar-refractivity contribution is 6.62. The van der Waals surface area contributed by atoms with Crippen LogP contribution in [0, 0.1) is 6.92 Å². The number of rotatable bonds is 3. The van der Waals surface area contributed by atoms with Crippen molar-refractivity contribution in [1.29, 1.82) is 0 Å². The summed E-state index contributed by atoms with van der Waals surface area (Å²) in [5.74, 6) is 0.487. The fourth-order valence-corrected chi connectivity index (χ4v) is 2.28. The van der Waals surface area contributed by atoms with Crippen molar-refractivity contribution in [2.75, 3.05) is 0 Å². The van der Waals surface area contributed by atoms with Gasteiger partial charge < -0.3 is 9.31 Å². The van der Waals surface area contributed by atoms with Crippen molar-refractivity contribution in [3.8, 4) is 0 Å². The monoisotopic (exact) mass is 275 g/mol. The van der Waals surface area contributed by atoms with Crippen LogP contribution in [0.5, 0.6) is 0 Å². The van der Waals surface area contributed by atoms with Crippen LogP contribution in [0.3, 0.4) is 0 Å². The lowest BCUT2D eigenvalue weighted by atomic mass is 9.77. The molecule has 1 unspecified atom stereocenters. The second-order valence-electron chi connectivity index (χ2n) is 6.86. The maximum atomic E-state index is 6.10. The van der Waals surface area contributed by atoms with Gasteiger partial charge in [-0.05, 0) is 58.6 Å². The average Bonchev–Trinajstić information content (AvgIpc) is 2.57. The molecule has 1 aromatic rings. The number of hydrogen-bond donors (Lipinski definition) is 0. The third-order valence-corrected chi connectivity index (χ3v) is 4.80. The van der Waals surface area contributed by atoms with E-state index in [1.165, 1.54) is 5.56 Å². The first-order chi connectivity index (χ1) is 9.18. The minimum atomic E-state index is -0.321. The number of hydrogen-bond acceptors (Lipinski definition) is 3. The summed E-state index contributed by atoms with van der Waals surface area (Å²) in [7, 11) is -0.321. The molecule has 2 rings (SSSR count). The molecular weight excluding hydrogens is 249 g/mol. The lowest BCUT2D eigenvalue weighted by molar-refractivity contribution is 0.00578. The van der Waals surface area contributed by atoms with E-state index in [4.69, 9.17) is 9.31 Å². The van der Waals surface area contributed by atoms with E-state index in [-0.39, 0.29) is 18.3 Å². The van der Waals surface area contributed by atoms with Gasteiger partial charge in [0, 0.05) is 17.4 Å². The molecule has 0 saturated carbocycles. The molecule has 1 saturated heterocycles. The highest BCUT2D eigenvalue weighted by Crippen LogP contribution is 2.36. The molecule has 0 aliphatic carbocycles. The topological polar surface area (TPSA) is 31.4 Å². The van der Waals surface area contributed by atoms with Gasteiger partial charge in [-0.15, -0.1) is 0 Å². The summed E-state index contributed by atoms with van der Waals surface area (Å²) in [5.41, 5.74) is 2.76. The van der Waals surface area contributed by atoms with Gasteiger partial charge in [0.15, 0.2) is 0 Å². The second kappa shape index (κ2) is 5.16. The largest absolute Gasteiger partial charge is 0.496 e. The van der Waals surface area contributed by atoms with Gasteiger partial charge in [0.05, 0.1) is 11.2 Å². The first-order valence-corrected chi connectivity index (χ1v) is 7.50. The van der Waals surface area contributed by atoms with Gasteiger partial charge in [0.1, 0.15) is 0 Å². The molecule has 0 bridgehead atoms. The molecule has 2 heterocycles. The Morgan fingerprint density at radius 2 is 1.75 bits per heavy atom. The summed E-state index contributed by atoms with van der Waals surface area (Å²) < 4.78 is 12.2. The van der Waals surface area contributed by atoms with Crippen molar-refractivity contribution >= 4 is 12.6 Å². The van der Waals surface area contributed by atoms with E-state index in [9.17, 15) is 0 Å². The Balaban J connectivity index is 2.28. The Labute approximate surface area is 123 Å². The Hall–Kier alpha value is -0.865. The Morgan fingerprint density at radius 3 is 2.20 bits per heavy atom. The summed E-state index contributed by atoms with van der Waals surface area (Å²) in [4.78, 5) is 4.59. The Kier molecular flexibility index (Phi) is 4.00. The van der Waals surface area contributed by atoms with E-state index < -0.39 is 0 Å². The number of aryl methyl sites for hydroxylation is 1. The van der Waals surface area contributed by atoms with Crippen LogP contribution in [-0.2, 0) is 9.31 Å². The fourth-order valence-electron chi connectivity index (χ4n) is 2.28. The molecule has 20 heavy (non-hydrogen) atoms. The molecule has 1 fully saturated rings. The summed E-state index contributed by atoms with van der Waals surface area (Å²) in [6.45, 7) is 14.8. The fraction of sp³-hybridized carbons (Fsp3) is 0.688. The van der Waals surface area contributed by atoms with E-state index >= 15 is 0 Å². The molecule has 110 valence electrons. The van der Waals surface area contributed by atoms with Crippen LogP contribution in [0.2, 0.25) is 0 Å². The first-order valence-electron chi connectivity index (χ1n) is 7.50. The van der Waals surface area contributed by atoms with Crippen LogP contribution in [0.25, 0.3) is 0 Å². The van der Waals surface area contributed by atoms with Gasteiger partial charge in [-0.2, -0.15) is 0 Å². The van der Waals surface area contributed by atoms with E-state index in [1.54, 1.807) is 0 Å². The minimum absolute atomic E-state index is 0.306. The average molecular weight is 275 g/mol. The van der Waals surface area contributed by atoms with Crippen LogP contribution in [0.15, 0.2) is 12.3 Å². The molecular formula is C16H26BNO2. The van der Waals surface area contributed by atoms with E-state index in [0.717, 1.165) is 17.6 Å². The molecule has 0 radical (unpaired) electrons. The van der Waals surface area contributed by atoms with Crippen LogP contribution in [0.4, 0.5) is 0 Å². The molecule has 1 aliphatic rings. The van der Waals surface area contributed by atoms with Gasteiger partial charge in [0.2, 0.25) is 0 Å². The second-order valence-corrected chi connectivity index (χ2v) is 6.86. The van der Waals surface area contributed by atoms with Crippen molar-refractivity contribution in [1.82, 2.24) is 4.98 Å². The maximum absolute atomic E-state index is 6.10.